The second-order valence-corrected chi connectivity index (χ2v) is 7.65. The number of ketones is 1. The minimum absolute atomic E-state index is 0.0156. The molecule has 1 aliphatic rings. The van der Waals surface area contributed by atoms with Gasteiger partial charge in [-0.15, -0.1) is 11.3 Å². The van der Waals surface area contributed by atoms with Crippen LogP contribution in [0.15, 0.2) is 35.2 Å². The van der Waals surface area contributed by atoms with Crippen LogP contribution in [-0.2, 0) is 14.3 Å². The minimum Gasteiger partial charge on any atom is -0.507 e. The molecule has 0 aliphatic carbocycles. The maximum Gasteiger partial charge on any atom is 0.295 e. The minimum atomic E-state index is -0.745. The maximum atomic E-state index is 12.9. The van der Waals surface area contributed by atoms with Crippen molar-refractivity contribution in [2.45, 2.75) is 13.0 Å². The first-order valence-corrected chi connectivity index (χ1v) is 9.81. The lowest BCUT2D eigenvalue weighted by atomic mass is 9.98. The zero-order chi connectivity index (χ0) is 20.4. The number of nitrogens with zero attached hydrogens (tertiary/aromatic N) is 1. The zero-order valence-corrected chi connectivity index (χ0v) is 17.3. The van der Waals surface area contributed by atoms with Gasteiger partial charge in [0.1, 0.15) is 11.5 Å². The van der Waals surface area contributed by atoms with Crippen molar-refractivity contribution < 1.29 is 24.2 Å². The van der Waals surface area contributed by atoms with Crippen LogP contribution in [0.2, 0.25) is 5.02 Å². The summed E-state index contributed by atoms with van der Waals surface area (Å²) in [7, 11) is 3.02. The standard InChI is InChI=1S/C20H20ClNO5S/c1-11-6-9-28-19(11)16-15(18(24)20(25)22(16)7-8-26-2)17(23)13-10-12(27-3)4-5-14(13)21/h4-6,9-10,16,23H,7-8H2,1-3H3/b17-15+. The van der Waals surface area contributed by atoms with Gasteiger partial charge in [0.05, 0.1) is 30.4 Å². The Hall–Kier alpha value is -2.35. The van der Waals surface area contributed by atoms with Crippen LogP contribution in [0.4, 0.5) is 0 Å². The molecular weight excluding hydrogens is 402 g/mol. The molecular formula is C20H20ClNO5S. The number of aryl methyl sites for hydroxylation is 1. The van der Waals surface area contributed by atoms with Crippen molar-refractivity contribution >= 4 is 40.4 Å². The summed E-state index contributed by atoms with van der Waals surface area (Å²) in [5.74, 6) is -1.26. The van der Waals surface area contributed by atoms with Crippen molar-refractivity contribution in [1.29, 1.82) is 0 Å². The molecule has 2 aromatic rings. The Labute approximate surface area is 171 Å². The monoisotopic (exact) mass is 421 g/mol. The lowest BCUT2D eigenvalue weighted by molar-refractivity contribution is -0.140. The summed E-state index contributed by atoms with van der Waals surface area (Å²) in [6.07, 6.45) is 0. The summed E-state index contributed by atoms with van der Waals surface area (Å²) in [5.41, 5.74) is 1.19. The number of aliphatic hydroxyl groups is 1. The van der Waals surface area contributed by atoms with Crippen LogP contribution in [0, 0.1) is 6.92 Å². The molecule has 1 fully saturated rings. The Bertz CT molecular complexity index is 952. The molecule has 6 nitrogen and oxygen atoms in total. The molecule has 1 aromatic carbocycles. The Morgan fingerprint density at radius 1 is 1.29 bits per heavy atom. The Balaban J connectivity index is 2.21. The van der Waals surface area contributed by atoms with Crippen LogP contribution in [0.1, 0.15) is 22.0 Å². The quantitative estimate of drug-likeness (QED) is 0.436. The van der Waals surface area contributed by atoms with E-state index in [1.807, 2.05) is 18.4 Å². The highest BCUT2D eigenvalue weighted by Gasteiger charge is 2.47. The fourth-order valence-corrected chi connectivity index (χ4v) is 4.45. The van der Waals surface area contributed by atoms with Crippen LogP contribution < -0.4 is 4.74 Å². The van der Waals surface area contributed by atoms with Gasteiger partial charge in [-0.05, 0) is 42.1 Å². The molecule has 1 N–H and O–H groups in total. The lowest BCUT2D eigenvalue weighted by Gasteiger charge is -2.24. The number of benzene rings is 1. The van der Waals surface area contributed by atoms with Crippen molar-refractivity contribution in [2.75, 3.05) is 27.4 Å². The third kappa shape index (κ3) is 3.53. The number of halogens is 1. The van der Waals surface area contributed by atoms with Gasteiger partial charge in [0.15, 0.2) is 0 Å². The number of likely N-dealkylation sites (tertiary alicyclic amines) is 1. The van der Waals surface area contributed by atoms with Gasteiger partial charge < -0.3 is 19.5 Å². The van der Waals surface area contributed by atoms with Crippen LogP contribution in [0.5, 0.6) is 5.75 Å². The summed E-state index contributed by atoms with van der Waals surface area (Å²) in [4.78, 5) is 27.8. The SMILES string of the molecule is COCCN1C(=O)C(=O)/C(=C(/O)c2cc(OC)ccc2Cl)C1c1sccc1C. The number of carbonyl (C=O) groups is 2. The molecule has 1 saturated heterocycles. The number of aliphatic hydroxyl groups excluding tert-OH is 1. The fraction of sp³-hybridized carbons (Fsp3) is 0.300. The van der Waals surface area contributed by atoms with Gasteiger partial charge in [-0.1, -0.05) is 11.6 Å². The average Bonchev–Trinajstić information content (AvgIpc) is 3.21. The van der Waals surface area contributed by atoms with Gasteiger partial charge in [0, 0.05) is 24.1 Å². The van der Waals surface area contributed by atoms with Gasteiger partial charge in [-0.25, -0.2) is 0 Å². The van der Waals surface area contributed by atoms with E-state index in [-0.39, 0.29) is 35.1 Å². The predicted molar refractivity (Wildman–Crippen MR) is 108 cm³/mol. The van der Waals surface area contributed by atoms with Crippen LogP contribution in [0.3, 0.4) is 0 Å². The summed E-state index contributed by atoms with van der Waals surface area (Å²) < 4.78 is 10.3. The summed E-state index contributed by atoms with van der Waals surface area (Å²) in [5, 5.41) is 13.2. The number of ether oxygens (including phenoxy) is 2. The third-order valence-electron chi connectivity index (χ3n) is 4.65. The maximum absolute atomic E-state index is 12.9. The number of hydrogen-bond donors (Lipinski definition) is 1. The second kappa shape index (κ2) is 8.34. The summed E-state index contributed by atoms with van der Waals surface area (Å²) in [6, 6.07) is 5.98. The van der Waals surface area contributed by atoms with E-state index in [0.29, 0.717) is 5.75 Å². The van der Waals surface area contributed by atoms with Crippen LogP contribution in [-0.4, -0.2) is 49.1 Å². The van der Waals surface area contributed by atoms with E-state index in [4.69, 9.17) is 21.1 Å². The third-order valence-corrected chi connectivity index (χ3v) is 6.06. The molecule has 1 aliphatic heterocycles. The van der Waals surface area contributed by atoms with E-state index < -0.39 is 17.7 Å². The summed E-state index contributed by atoms with van der Waals surface area (Å²) >= 11 is 7.68. The number of amides is 1. The predicted octanol–water partition coefficient (Wildman–Crippen LogP) is 3.79. The number of Topliss-reactive ketones (excluding diaryl/α,β-unsaturated/α-hetero) is 1. The largest absolute Gasteiger partial charge is 0.507 e. The Morgan fingerprint density at radius 2 is 2.04 bits per heavy atom. The van der Waals surface area contributed by atoms with Gasteiger partial charge >= 0.3 is 0 Å². The van der Waals surface area contributed by atoms with Crippen molar-refractivity contribution in [3.8, 4) is 5.75 Å². The van der Waals surface area contributed by atoms with Crippen molar-refractivity contribution in [1.82, 2.24) is 4.90 Å². The summed E-state index contributed by atoms with van der Waals surface area (Å²) in [6.45, 7) is 2.40. The number of hydrogen-bond acceptors (Lipinski definition) is 6. The Kier molecular flexibility index (Phi) is 6.07. The normalized spacial score (nSPS) is 18.7. The van der Waals surface area contributed by atoms with Crippen molar-refractivity contribution in [3.05, 3.63) is 56.2 Å². The van der Waals surface area contributed by atoms with E-state index in [1.165, 1.54) is 30.5 Å². The molecule has 0 saturated carbocycles. The smallest absolute Gasteiger partial charge is 0.295 e. The first-order chi connectivity index (χ1) is 13.4. The molecule has 8 heteroatoms. The molecule has 148 valence electrons. The van der Waals surface area contributed by atoms with Crippen molar-refractivity contribution in [2.24, 2.45) is 0 Å². The van der Waals surface area contributed by atoms with Gasteiger partial charge in [-0.2, -0.15) is 0 Å². The molecule has 3 rings (SSSR count). The highest BCUT2D eigenvalue weighted by Crippen LogP contribution is 2.43. The van der Waals surface area contributed by atoms with E-state index in [1.54, 1.807) is 18.2 Å². The number of methoxy groups -OCH3 is 2. The average molecular weight is 422 g/mol. The van der Waals surface area contributed by atoms with Gasteiger partial charge in [-0.3, -0.25) is 9.59 Å². The number of rotatable bonds is 6. The lowest BCUT2D eigenvalue weighted by Crippen LogP contribution is -2.32. The number of carbonyl (C=O) groups excluding carboxylic acids is 2. The first-order valence-electron chi connectivity index (χ1n) is 8.56. The first kappa shape index (κ1) is 20.4. The highest BCUT2D eigenvalue weighted by molar-refractivity contribution is 7.10. The molecule has 1 unspecified atom stereocenters. The fourth-order valence-electron chi connectivity index (χ4n) is 3.20. The molecule has 0 spiro atoms. The second-order valence-electron chi connectivity index (χ2n) is 6.30. The molecule has 1 aromatic heterocycles. The van der Waals surface area contributed by atoms with E-state index in [9.17, 15) is 14.7 Å². The molecule has 0 bridgehead atoms. The van der Waals surface area contributed by atoms with E-state index in [0.717, 1.165) is 10.4 Å². The molecule has 28 heavy (non-hydrogen) atoms. The molecule has 0 radical (unpaired) electrons. The Morgan fingerprint density at radius 3 is 2.64 bits per heavy atom. The van der Waals surface area contributed by atoms with Crippen molar-refractivity contribution in [3.63, 3.8) is 0 Å². The van der Waals surface area contributed by atoms with Crippen LogP contribution >= 0.6 is 22.9 Å². The molecule has 1 atom stereocenters. The van der Waals surface area contributed by atoms with E-state index >= 15 is 0 Å². The highest BCUT2D eigenvalue weighted by atomic mass is 35.5. The molecule has 1 amide bonds. The van der Waals surface area contributed by atoms with Gasteiger partial charge in [0.2, 0.25) is 0 Å². The number of thiophene rings is 1. The zero-order valence-electron chi connectivity index (χ0n) is 15.7. The van der Waals surface area contributed by atoms with Gasteiger partial charge in [0.25, 0.3) is 11.7 Å². The van der Waals surface area contributed by atoms with E-state index in [2.05, 4.69) is 0 Å². The topological polar surface area (TPSA) is 76.1 Å². The molecule has 2 heterocycles. The van der Waals surface area contributed by atoms with Crippen LogP contribution in [0.25, 0.3) is 5.76 Å².